The zero-order valence-electron chi connectivity index (χ0n) is 21.1. The van der Waals surface area contributed by atoms with Crippen molar-refractivity contribution in [1.82, 2.24) is 5.32 Å². The van der Waals surface area contributed by atoms with Crippen LogP contribution in [0.15, 0.2) is 60.2 Å². The van der Waals surface area contributed by atoms with Gasteiger partial charge in [0.2, 0.25) is 0 Å². The number of halogens is 1. The van der Waals surface area contributed by atoms with Crippen LogP contribution in [-0.4, -0.2) is 25.0 Å². The third kappa shape index (κ3) is 5.52. The number of hydrogen-bond donors (Lipinski definition) is 1. The number of barbiturate groups is 1. The Morgan fingerprint density at radius 1 is 1.00 bits per heavy atom. The van der Waals surface area contributed by atoms with Crippen LogP contribution in [0, 0.1) is 13.8 Å². The highest BCUT2D eigenvalue weighted by Gasteiger charge is 2.37. The maximum atomic E-state index is 13.3. The van der Waals surface area contributed by atoms with Crippen molar-refractivity contribution in [2.24, 2.45) is 0 Å². The van der Waals surface area contributed by atoms with Crippen LogP contribution in [0.4, 0.5) is 10.5 Å². The molecule has 1 saturated heterocycles. The quantitative estimate of drug-likeness (QED) is 0.317. The van der Waals surface area contributed by atoms with Gasteiger partial charge in [-0.1, -0.05) is 66.0 Å². The van der Waals surface area contributed by atoms with Crippen molar-refractivity contribution in [3.05, 3.63) is 93.0 Å². The maximum Gasteiger partial charge on any atom is 0.335 e. The number of para-hydroxylation sites is 1. The summed E-state index contributed by atoms with van der Waals surface area (Å²) in [4.78, 5) is 39.5. The number of urea groups is 1. The van der Waals surface area contributed by atoms with E-state index in [-0.39, 0.29) is 17.2 Å². The van der Waals surface area contributed by atoms with Crippen LogP contribution in [0.1, 0.15) is 34.7 Å². The number of nitrogens with one attached hydrogen (secondary N) is 1. The zero-order chi connectivity index (χ0) is 26.7. The molecule has 37 heavy (non-hydrogen) atoms. The third-order valence-corrected chi connectivity index (χ3v) is 6.22. The highest BCUT2D eigenvalue weighted by molar-refractivity contribution is 6.39. The molecule has 3 aromatic rings. The Hall–Kier alpha value is -4.10. The average Bonchev–Trinajstić information content (AvgIpc) is 2.85. The summed E-state index contributed by atoms with van der Waals surface area (Å²) in [6.07, 6.45) is 1.99. The molecule has 4 rings (SSSR count). The lowest BCUT2D eigenvalue weighted by Crippen LogP contribution is -2.54. The van der Waals surface area contributed by atoms with Gasteiger partial charge in [0, 0.05) is 0 Å². The van der Waals surface area contributed by atoms with Crippen molar-refractivity contribution in [3.8, 4) is 11.5 Å². The van der Waals surface area contributed by atoms with Crippen molar-refractivity contribution in [1.29, 1.82) is 0 Å². The van der Waals surface area contributed by atoms with Crippen molar-refractivity contribution in [3.63, 3.8) is 0 Å². The maximum absolute atomic E-state index is 13.3. The summed E-state index contributed by atoms with van der Waals surface area (Å²) in [5.74, 6) is -0.819. The minimum Gasteiger partial charge on any atom is -0.493 e. The molecule has 1 fully saturated rings. The molecule has 0 radical (unpaired) electrons. The number of anilines is 1. The summed E-state index contributed by atoms with van der Waals surface area (Å²) in [6, 6.07) is 15.6. The standard InChI is InChI=1S/C29H27ClN2O5/c1-5-21-8-6-7-9-24(21)32-28(34)22(27(33)31-29(32)35)13-19-14-23(30)26(25(15-19)36-4)37-16-20-11-17(2)10-18(3)12-20/h6-15H,5,16H2,1-4H3,(H,31,33,35)/b22-13-. The van der Waals surface area contributed by atoms with Crippen molar-refractivity contribution in [2.75, 3.05) is 12.0 Å². The number of ether oxygens (including phenoxy) is 2. The van der Waals surface area contributed by atoms with Gasteiger partial charge in [0.25, 0.3) is 11.8 Å². The highest BCUT2D eigenvalue weighted by atomic mass is 35.5. The van der Waals surface area contributed by atoms with Gasteiger partial charge in [0.15, 0.2) is 11.5 Å². The largest absolute Gasteiger partial charge is 0.493 e. The Kier molecular flexibility index (Phi) is 7.64. The summed E-state index contributed by atoms with van der Waals surface area (Å²) < 4.78 is 11.5. The van der Waals surface area contributed by atoms with E-state index in [0.29, 0.717) is 29.2 Å². The number of methoxy groups -OCH3 is 1. The number of hydrogen-bond acceptors (Lipinski definition) is 5. The Balaban J connectivity index is 1.66. The first kappa shape index (κ1) is 26.0. The van der Waals surface area contributed by atoms with Crippen molar-refractivity contribution in [2.45, 2.75) is 33.8 Å². The molecular weight excluding hydrogens is 492 g/mol. The molecule has 0 aliphatic carbocycles. The van der Waals surface area contributed by atoms with Gasteiger partial charge < -0.3 is 9.47 Å². The number of carbonyl (C=O) groups is 3. The predicted octanol–water partition coefficient (Wildman–Crippen LogP) is 5.77. The molecule has 0 atom stereocenters. The number of amides is 4. The highest BCUT2D eigenvalue weighted by Crippen LogP contribution is 2.38. The van der Waals surface area contributed by atoms with Gasteiger partial charge in [0.05, 0.1) is 17.8 Å². The molecule has 8 heteroatoms. The van der Waals surface area contributed by atoms with Gasteiger partial charge in [-0.05, 0) is 61.2 Å². The molecule has 0 bridgehead atoms. The predicted molar refractivity (Wildman–Crippen MR) is 143 cm³/mol. The molecule has 0 spiro atoms. The van der Waals surface area contributed by atoms with Gasteiger partial charge in [-0.15, -0.1) is 0 Å². The molecule has 3 aromatic carbocycles. The van der Waals surface area contributed by atoms with Crippen LogP contribution in [0.2, 0.25) is 5.02 Å². The molecule has 1 aliphatic rings. The van der Waals surface area contributed by atoms with Gasteiger partial charge in [-0.3, -0.25) is 14.9 Å². The molecule has 1 N–H and O–H groups in total. The fourth-order valence-electron chi connectivity index (χ4n) is 4.34. The lowest BCUT2D eigenvalue weighted by atomic mass is 10.0. The zero-order valence-corrected chi connectivity index (χ0v) is 21.8. The SMILES string of the molecule is CCc1ccccc1N1C(=O)NC(=O)/C(=C/c2cc(Cl)c(OCc3cc(C)cc(C)c3)c(OC)c2)C1=O. The van der Waals surface area contributed by atoms with Crippen LogP contribution in [0.3, 0.4) is 0 Å². The van der Waals surface area contributed by atoms with E-state index in [1.54, 1.807) is 24.3 Å². The van der Waals surface area contributed by atoms with Gasteiger partial charge in [0.1, 0.15) is 12.2 Å². The average molecular weight is 519 g/mol. The number of rotatable bonds is 7. The summed E-state index contributed by atoms with van der Waals surface area (Å²) in [7, 11) is 1.48. The van der Waals surface area contributed by atoms with E-state index in [4.69, 9.17) is 21.1 Å². The number of nitrogens with zero attached hydrogens (tertiary/aromatic N) is 1. The Morgan fingerprint density at radius 2 is 1.70 bits per heavy atom. The first-order valence-corrected chi connectivity index (χ1v) is 12.2. The fraction of sp³-hybridized carbons (Fsp3) is 0.207. The van der Waals surface area contributed by atoms with E-state index in [9.17, 15) is 14.4 Å². The van der Waals surface area contributed by atoms with Crippen LogP contribution in [-0.2, 0) is 22.6 Å². The van der Waals surface area contributed by atoms with E-state index in [1.165, 1.54) is 13.2 Å². The topological polar surface area (TPSA) is 84.9 Å². The van der Waals surface area contributed by atoms with Gasteiger partial charge in [-0.25, -0.2) is 9.69 Å². The summed E-state index contributed by atoms with van der Waals surface area (Å²) in [5.41, 5.74) is 4.71. The molecular formula is C29H27ClN2O5. The molecule has 0 unspecified atom stereocenters. The van der Waals surface area contributed by atoms with Crippen LogP contribution < -0.4 is 19.7 Å². The summed E-state index contributed by atoms with van der Waals surface area (Å²) >= 11 is 6.54. The Bertz CT molecular complexity index is 1410. The lowest BCUT2D eigenvalue weighted by molar-refractivity contribution is -0.122. The second-order valence-electron chi connectivity index (χ2n) is 8.76. The van der Waals surface area contributed by atoms with E-state index in [2.05, 4.69) is 11.4 Å². The number of imide groups is 2. The molecule has 4 amide bonds. The lowest BCUT2D eigenvalue weighted by Gasteiger charge is -2.28. The molecule has 1 aliphatic heterocycles. The van der Waals surface area contributed by atoms with Crippen molar-refractivity contribution < 1.29 is 23.9 Å². The molecule has 7 nitrogen and oxygen atoms in total. The number of carbonyl (C=O) groups excluding carboxylic acids is 3. The monoisotopic (exact) mass is 518 g/mol. The van der Waals surface area contributed by atoms with E-state index < -0.39 is 17.8 Å². The third-order valence-electron chi connectivity index (χ3n) is 5.94. The second-order valence-corrected chi connectivity index (χ2v) is 9.17. The number of aryl methyl sites for hydroxylation is 3. The second kappa shape index (κ2) is 10.9. The first-order valence-electron chi connectivity index (χ1n) is 11.8. The van der Waals surface area contributed by atoms with E-state index in [1.807, 2.05) is 45.0 Å². The summed E-state index contributed by atoms with van der Waals surface area (Å²) in [6.45, 7) is 6.24. The van der Waals surface area contributed by atoms with Crippen molar-refractivity contribution >= 4 is 41.2 Å². The summed E-state index contributed by atoms with van der Waals surface area (Å²) in [5, 5.41) is 2.51. The van der Waals surface area contributed by atoms with Crippen LogP contribution >= 0.6 is 11.6 Å². The fourth-order valence-corrected chi connectivity index (χ4v) is 4.62. The van der Waals surface area contributed by atoms with Crippen LogP contribution in [0.25, 0.3) is 6.08 Å². The Morgan fingerprint density at radius 3 is 2.38 bits per heavy atom. The van der Waals surface area contributed by atoms with Gasteiger partial charge >= 0.3 is 6.03 Å². The minimum atomic E-state index is -0.793. The van der Waals surface area contributed by atoms with Gasteiger partial charge in [-0.2, -0.15) is 0 Å². The normalized spacial score (nSPS) is 14.7. The molecule has 190 valence electrons. The van der Waals surface area contributed by atoms with E-state index in [0.717, 1.165) is 27.2 Å². The van der Waals surface area contributed by atoms with E-state index >= 15 is 0 Å². The molecule has 0 saturated carbocycles. The number of benzene rings is 3. The van der Waals surface area contributed by atoms with Crippen LogP contribution in [0.5, 0.6) is 11.5 Å². The Labute approximate surface area is 220 Å². The smallest absolute Gasteiger partial charge is 0.335 e. The molecule has 0 aromatic heterocycles. The molecule has 1 heterocycles. The first-order chi connectivity index (χ1) is 17.7. The minimum absolute atomic E-state index is 0.201.